The topological polar surface area (TPSA) is 24.1 Å². The van der Waals surface area contributed by atoms with Gasteiger partial charge in [0.15, 0.2) is 0 Å². The van der Waals surface area contributed by atoms with Gasteiger partial charge in [-0.15, -0.1) is 0 Å². The SMILES string of the molecule is CC[C@H]1C[C@@H](Nc2ccccc2)c2ccccc2N1. The molecule has 1 heterocycles. The summed E-state index contributed by atoms with van der Waals surface area (Å²) in [5.41, 5.74) is 3.84. The summed E-state index contributed by atoms with van der Waals surface area (Å²) in [5, 5.41) is 7.28. The Morgan fingerprint density at radius 3 is 2.58 bits per heavy atom. The van der Waals surface area contributed by atoms with Crippen LogP contribution in [0.2, 0.25) is 0 Å². The van der Waals surface area contributed by atoms with Crippen LogP contribution >= 0.6 is 0 Å². The van der Waals surface area contributed by atoms with Crippen LogP contribution < -0.4 is 10.6 Å². The predicted molar refractivity (Wildman–Crippen MR) is 81.6 cm³/mol. The van der Waals surface area contributed by atoms with Crippen molar-refractivity contribution < 1.29 is 0 Å². The fourth-order valence-electron chi connectivity index (χ4n) is 2.76. The molecule has 0 saturated carbocycles. The van der Waals surface area contributed by atoms with Crippen LogP contribution in [0.1, 0.15) is 31.4 Å². The lowest BCUT2D eigenvalue weighted by Gasteiger charge is -2.33. The van der Waals surface area contributed by atoms with E-state index >= 15 is 0 Å². The molecule has 0 bridgehead atoms. The van der Waals surface area contributed by atoms with Gasteiger partial charge in [-0.25, -0.2) is 0 Å². The molecule has 0 aliphatic carbocycles. The van der Waals surface area contributed by atoms with Crippen molar-refractivity contribution in [2.24, 2.45) is 0 Å². The zero-order valence-corrected chi connectivity index (χ0v) is 11.3. The van der Waals surface area contributed by atoms with E-state index in [4.69, 9.17) is 0 Å². The number of hydrogen-bond donors (Lipinski definition) is 2. The molecular weight excluding hydrogens is 232 g/mol. The first-order chi connectivity index (χ1) is 9.36. The van der Waals surface area contributed by atoms with Gasteiger partial charge in [-0.2, -0.15) is 0 Å². The molecule has 2 aromatic carbocycles. The van der Waals surface area contributed by atoms with Crippen LogP contribution in [0.25, 0.3) is 0 Å². The summed E-state index contributed by atoms with van der Waals surface area (Å²) in [7, 11) is 0. The molecule has 0 fully saturated rings. The minimum atomic E-state index is 0.393. The highest BCUT2D eigenvalue weighted by Crippen LogP contribution is 2.35. The average molecular weight is 252 g/mol. The molecule has 0 radical (unpaired) electrons. The van der Waals surface area contributed by atoms with Gasteiger partial charge in [0.2, 0.25) is 0 Å². The molecule has 2 aromatic rings. The van der Waals surface area contributed by atoms with Gasteiger partial charge in [0.25, 0.3) is 0 Å². The minimum Gasteiger partial charge on any atom is -0.382 e. The Morgan fingerprint density at radius 2 is 1.79 bits per heavy atom. The van der Waals surface area contributed by atoms with Gasteiger partial charge in [0, 0.05) is 17.4 Å². The first kappa shape index (κ1) is 12.1. The third kappa shape index (κ3) is 2.58. The van der Waals surface area contributed by atoms with Crippen molar-refractivity contribution in [1.29, 1.82) is 0 Å². The van der Waals surface area contributed by atoms with Crippen molar-refractivity contribution in [3.63, 3.8) is 0 Å². The van der Waals surface area contributed by atoms with Crippen LogP contribution in [0, 0.1) is 0 Å². The van der Waals surface area contributed by atoms with Gasteiger partial charge >= 0.3 is 0 Å². The predicted octanol–water partition coefficient (Wildman–Crippen LogP) is 4.43. The maximum atomic E-state index is 3.66. The van der Waals surface area contributed by atoms with Gasteiger partial charge in [-0.3, -0.25) is 0 Å². The smallest absolute Gasteiger partial charge is 0.0553 e. The van der Waals surface area contributed by atoms with Crippen LogP contribution in [0.3, 0.4) is 0 Å². The number of benzene rings is 2. The highest BCUT2D eigenvalue weighted by molar-refractivity contribution is 5.58. The average Bonchev–Trinajstić information content (AvgIpc) is 2.48. The molecule has 0 unspecified atom stereocenters. The lowest BCUT2D eigenvalue weighted by molar-refractivity contribution is 0.554. The van der Waals surface area contributed by atoms with Crippen molar-refractivity contribution in [1.82, 2.24) is 0 Å². The zero-order valence-electron chi connectivity index (χ0n) is 11.3. The van der Waals surface area contributed by atoms with Crippen molar-refractivity contribution in [2.45, 2.75) is 31.8 Å². The standard InChI is InChI=1S/C17H20N2/c1-2-13-12-17(19-14-8-4-3-5-9-14)15-10-6-7-11-16(15)18-13/h3-11,13,17-19H,2,12H2,1H3/t13-,17+/m0/s1. The molecule has 2 nitrogen and oxygen atoms in total. The molecule has 2 N–H and O–H groups in total. The van der Waals surface area contributed by atoms with Crippen molar-refractivity contribution in [2.75, 3.05) is 10.6 Å². The summed E-state index contributed by atoms with van der Waals surface area (Å²) in [5.74, 6) is 0. The maximum Gasteiger partial charge on any atom is 0.0553 e. The molecule has 3 rings (SSSR count). The molecule has 2 atom stereocenters. The first-order valence-corrected chi connectivity index (χ1v) is 7.04. The van der Waals surface area contributed by atoms with Crippen molar-refractivity contribution in [3.8, 4) is 0 Å². The molecule has 0 saturated heterocycles. The zero-order chi connectivity index (χ0) is 13.1. The Hall–Kier alpha value is -1.96. The third-order valence-electron chi connectivity index (χ3n) is 3.82. The quantitative estimate of drug-likeness (QED) is 0.844. The largest absolute Gasteiger partial charge is 0.382 e. The maximum absolute atomic E-state index is 3.66. The number of hydrogen-bond acceptors (Lipinski definition) is 2. The molecule has 1 aliphatic heterocycles. The molecule has 0 spiro atoms. The summed E-state index contributed by atoms with van der Waals surface area (Å²) in [6, 6.07) is 20.0. The fourth-order valence-corrected chi connectivity index (χ4v) is 2.76. The Kier molecular flexibility index (Phi) is 3.41. The van der Waals surface area contributed by atoms with E-state index in [0.717, 1.165) is 12.8 Å². The highest BCUT2D eigenvalue weighted by atomic mass is 15.0. The van der Waals surface area contributed by atoms with Gasteiger partial charge < -0.3 is 10.6 Å². The van der Waals surface area contributed by atoms with E-state index in [1.165, 1.54) is 16.9 Å². The molecule has 19 heavy (non-hydrogen) atoms. The first-order valence-electron chi connectivity index (χ1n) is 7.04. The van der Waals surface area contributed by atoms with Gasteiger partial charge in [0.1, 0.15) is 0 Å². The number of anilines is 2. The van der Waals surface area contributed by atoms with Crippen LogP contribution in [0.5, 0.6) is 0 Å². The summed E-state index contributed by atoms with van der Waals surface area (Å²) in [6.45, 7) is 2.24. The second kappa shape index (κ2) is 5.35. The molecule has 98 valence electrons. The summed E-state index contributed by atoms with van der Waals surface area (Å²) < 4.78 is 0. The number of para-hydroxylation sites is 2. The van der Waals surface area contributed by atoms with Crippen LogP contribution in [0.4, 0.5) is 11.4 Å². The Bertz CT molecular complexity index is 536. The monoisotopic (exact) mass is 252 g/mol. The van der Waals surface area contributed by atoms with Gasteiger partial charge in [-0.05, 0) is 36.6 Å². The fraction of sp³-hybridized carbons (Fsp3) is 0.294. The molecule has 0 amide bonds. The van der Waals surface area contributed by atoms with E-state index < -0.39 is 0 Å². The molecule has 2 heteroatoms. The third-order valence-corrected chi connectivity index (χ3v) is 3.82. The van der Waals surface area contributed by atoms with E-state index in [2.05, 4.69) is 72.2 Å². The Morgan fingerprint density at radius 1 is 1.05 bits per heavy atom. The van der Waals surface area contributed by atoms with E-state index in [-0.39, 0.29) is 0 Å². The van der Waals surface area contributed by atoms with E-state index in [0.29, 0.717) is 12.1 Å². The van der Waals surface area contributed by atoms with E-state index in [9.17, 15) is 0 Å². The van der Waals surface area contributed by atoms with Gasteiger partial charge in [0.05, 0.1) is 6.04 Å². The summed E-state index contributed by atoms with van der Waals surface area (Å²) in [4.78, 5) is 0. The minimum absolute atomic E-state index is 0.393. The Labute approximate surface area is 114 Å². The summed E-state index contributed by atoms with van der Waals surface area (Å²) in [6.07, 6.45) is 2.28. The Balaban J connectivity index is 1.88. The lowest BCUT2D eigenvalue weighted by Crippen LogP contribution is -2.30. The number of fused-ring (bicyclic) bond motifs is 1. The summed E-state index contributed by atoms with van der Waals surface area (Å²) >= 11 is 0. The van der Waals surface area contributed by atoms with Gasteiger partial charge in [-0.1, -0.05) is 43.3 Å². The second-order valence-electron chi connectivity index (χ2n) is 5.14. The van der Waals surface area contributed by atoms with Crippen molar-refractivity contribution >= 4 is 11.4 Å². The molecule has 1 aliphatic rings. The normalized spacial score (nSPS) is 21.3. The van der Waals surface area contributed by atoms with Crippen molar-refractivity contribution in [3.05, 3.63) is 60.2 Å². The second-order valence-corrected chi connectivity index (χ2v) is 5.14. The number of nitrogens with one attached hydrogen (secondary N) is 2. The van der Waals surface area contributed by atoms with Crippen LogP contribution in [-0.2, 0) is 0 Å². The highest BCUT2D eigenvalue weighted by Gasteiger charge is 2.24. The lowest BCUT2D eigenvalue weighted by atomic mass is 9.91. The van der Waals surface area contributed by atoms with Crippen LogP contribution in [0.15, 0.2) is 54.6 Å². The molecule has 0 aromatic heterocycles. The number of rotatable bonds is 3. The van der Waals surface area contributed by atoms with Crippen LogP contribution in [-0.4, -0.2) is 6.04 Å². The van der Waals surface area contributed by atoms with E-state index in [1.54, 1.807) is 0 Å². The van der Waals surface area contributed by atoms with E-state index in [1.807, 2.05) is 0 Å². The molecular formula is C17H20N2.